The lowest BCUT2D eigenvalue weighted by atomic mass is 9.85. The molecule has 2 atom stereocenters. The van der Waals surface area contributed by atoms with Crippen molar-refractivity contribution in [2.45, 2.75) is 38.1 Å². The van der Waals surface area contributed by atoms with E-state index in [-0.39, 0.29) is 11.9 Å². The first-order valence-corrected chi connectivity index (χ1v) is 6.58. The normalized spacial score (nSPS) is 23.8. The van der Waals surface area contributed by atoms with Gasteiger partial charge in [-0.3, -0.25) is 4.79 Å². The van der Waals surface area contributed by atoms with Gasteiger partial charge in [-0.15, -0.1) is 0 Å². The second-order valence-corrected chi connectivity index (χ2v) is 4.86. The second kappa shape index (κ2) is 6.54. The molecule has 0 aliphatic heterocycles. The van der Waals surface area contributed by atoms with Crippen molar-refractivity contribution in [2.24, 2.45) is 5.92 Å². The van der Waals surface area contributed by atoms with Crippen molar-refractivity contribution in [3.05, 3.63) is 18.2 Å². The summed E-state index contributed by atoms with van der Waals surface area (Å²) < 4.78 is 4.82. The Morgan fingerprint density at radius 2 is 2.50 bits per heavy atom. The van der Waals surface area contributed by atoms with Crippen LogP contribution in [-0.4, -0.2) is 35.6 Å². The lowest BCUT2D eigenvalue weighted by molar-refractivity contribution is -0.146. The maximum Gasteiger partial charge on any atom is 0.308 e. The smallest absolute Gasteiger partial charge is 0.308 e. The number of aromatic amines is 1. The van der Waals surface area contributed by atoms with Crippen LogP contribution < -0.4 is 5.32 Å². The largest absolute Gasteiger partial charge is 0.469 e. The predicted molar refractivity (Wildman–Crippen MR) is 68.1 cm³/mol. The molecule has 1 aromatic rings. The van der Waals surface area contributed by atoms with Crippen LogP contribution in [0.3, 0.4) is 0 Å². The number of nitrogens with one attached hydrogen (secondary N) is 2. The number of methoxy groups -OCH3 is 1. The summed E-state index contributed by atoms with van der Waals surface area (Å²) in [6.07, 6.45) is 8.60. The Morgan fingerprint density at radius 3 is 3.22 bits per heavy atom. The van der Waals surface area contributed by atoms with E-state index in [1.165, 1.54) is 7.11 Å². The SMILES string of the molecule is COC(=O)C1CCCC(NCCc2cnc[nH]2)C1. The van der Waals surface area contributed by atoms with Gasteiger partial charge in [-0.05, 0) is 19.3 Å². The molecule has 1 aliphatic rings. The molecule has 1 aromatic heterocycles. The first-order chi connectivity index (χ1) is 8.79. The van der Waals surface area contributed by atoms with Crippen molar-refractivity contribution in [1.29, 1.82) is 0 Å². The molecule has 18 heavy (non-hydrogen) atoms. The van der Waals surface area contributed by atoms with Gasteiger partial charge in [0.1, 0.15) is 0 Å². The highest BCUT2D eigenvalue weighted by molar-refractivity contribution is 5.72. The number of hydrogen-bond acceptors (Lipinski definition) is 4. The van der Waals surface area contributed by atoms with Gasteiger partial charge in [0, 0.05) is 30.9 Å². The monoisotopic (exact) mass is 251 g/mol. The van der Waals surface area contributed by atoms with Crippen molar-refractivity contribution >= 4 is 5.97 Å². The van der Waals surface area contributed by atoms with E-state index in [1.807, 2.05) is 6.20 Å². The first-order valence-electron chi connectivity index (χ1n) is 6.58. The molecule has 0 aromatic carbocycles. The molecule has 1 heterocycles. The summed E-state index contributed by atoms with van der Waals surface area (Å²) in [6, 6.07) is 0.436. The van der Waals surface area contributed by atoms with Crippen LogP contribution >= 0.6 is 0 Å². The van der Waals surface area contributed by atoms with E-state index < -0.39 is 0 Å². The maximum absolute atomic E-state index is 11.5. The van der Waals surface area contributed by atoms with E-state index in [1.54, 1.807) is 6.33 Å². The summed E-state index contributed by atoms with van der Waals surface area (Å²) in [5.74, 6) is 0.0171. The van der Waals surface area contributed by atoms with Crippen LogP contribution in [-0.2, 0) is 16.0 Å². The highest BCUT2D eigenvalue weighted by atomic mass is 16.5. The number of imidazole rings is 1. The first kappa shape index (κ1) is 13.1. The summed E-state index contributed by atoms with van der Waals surface area (Å²) in [7, 11) is 1.47. The molecule has 1 aliphatic carbocycles. The van der Waals surface area contributed by atoms with Gasteiger partial charge in [0.2, 0.25) is 0 Å². The summed E-state index contributed by atoms with van der Waals surface area (Å²) in [5, 5.41) is 3.51. The number of esters is 1. The van der Waals surface area contributed by atoms with Gasteiger partial charge in [-0.1, -0.05) is 6.42 Å². The number of hydrogen-bond donors (Lipinski definition) is 2. The number of carbonyl (C=O) groups excluding carboxylic acids is 1. The van der Waals surface area contributed by atoms with Crippen LogP contribution in [0.25, 0.3) is 0 Å². The topological polar surface area (TPSA) is 67.0 Å². The fraction of sp³-hybridized carbons (Fsp3) is 0.692. The van der Waals surface area contributed by atoms with Crippen LogP contribution in [0.5, 0.6) is 0 Å². The zero-order chi connectivity index (χ0) is 12.8. The molecular formula is C13H21N3O2. The highest BCUT2D eigenvalue weighted by Crippen LogP contribution is 2.25. The molecule has 0 radical (unpaired) electrons. The van der Waals surface area contributed by atoms with Crippen molar-refractivity contribution < 1.29 is 9.53 Å². The standard InChI is InChI=1S/C13H21N3O2/c1-18-13(17)10-3-2-4-11(7-10)15-6-5-12-8-14-9-16-12/h8-11,15H,2-7H2,1H3,(H,14,16). The molecule has 5 heteroatoms. The Kier molecular flexibility index (Phi) is 4.75. The van der Waals surface area contributed by atoms with Gasteiger partial charge >= 0.3 is 5.97 Å². The Morgan fingerprint density at radius 1 is 1.61 bits per heavy atom. The molecule has 0 bridgehead atoms. The minimum absolute atomic E-state index is 0.0601. The van der Waals surface area contributed by atoms with Gasteiger partial charge in [0.05, 0.1) is 19.4 Å². The van der Waals surface area contributed by atoms with E-state index in [9.17, 15) is 4.79 Å². The molecule has 5 nitrogen and oxygen atoms in total. The zero-order valence-electron chi connectivity index (χ0n) is 10.8. The molecule has 1 saturated carbocycles. The van der Waals surface area contributed by atoms with Crippen LogP contribution in [0.15, 0.2) is 12.5 Å². The molecule has 0 saturated heterocycles. The minimum atomic E-state index is -0.0601. The van der Waals surface area contributed by atoms with Gasteiger partial charge in [0.15, 0.2) is 0 Å². The summed E-state index contributed by atoms with van der Waals surface area (Å²) in [4.78, 5) is 18.6. The lowest BCUT2D eigenvalue weighted by Gasteiger charge is -2.28. The lowest BCUT2D eigenvalue weighted by Crippen LogP contribution is -2.37. The molecular weight excluding hydrogens is 230 g/mol. The summed E-state index contributed by atoms with van der Waals surface area (Å²) in [6.45, 7) is 0.917. The van der Waals surface area contributed by atoms with Crippen molar-refractivity contribution in [2.75, 3.05) is 13.7 Å². The maximum atomic E-state index is 11.5. The van der Waals surface area contributed by atoms with Crippen molar-refractivity contribution in [3.63, 3.8) is 0 Å². The number of nitrogens with zero attached hydrogens (tertiary/aromatic N) is 1. The average Bonchev–Trinajstić information content (AvgIpc) is 2.91. The van der Waals surface area contributed by atoms with Gasteiger partial charge in [-0.25, -0.2) is 4.98 Å². The predicted octanol–water partition coefficient (Wildman–Crippen LogP) is 1.27. The molecule has 100 valence electrons. The van der Waals surface area contributed by atoms with E-state index in [2.05, 4.69) is 15.3 Å². The number of aromatic nitrogens is 2. The van der Waals surface area contributed by atoms with Crippen molar-refractivity contribution in [3.8, 4) is 0 Å². The van der Waals surface area contributed by atoms with E-state index in [0.29, 0.717) is 6.04 Å². The Labute approximate surface area is 107 Å². The zero-order valence-corrected chi connectivity index (χ0v) is 10.8. The fourth-order valence-electron chi connectivity index (χ4n) is 2.59. The Hall–Kier alpha value is -1.36. The Balaban J connectivity index is 1.71. The molecule has 1 fully saturated rings. The minimum Gasteiger partial charge on any atom is -0.469 e. The van der Waals surface area contributed by atoms with Crippen LogP contribution in [0, 0.1) is 5.92 Å². The van der Waals surface area contributed by atoms with Crippen molar-refractivity contribution in [1.82, 2.24) is 15.3 Å². The van der Waals surface area contributed by atoms with E-state index in [4.69, 9.17) is 4.74 Å². The average molecular weight is 251 g/mol. The number of ether oxygens (including phenoxy) is 1. The Bertz CT molecular complexity index is 364. The van der Waals surface area contributed by atoms with Crippen LogP contribution in [0.2, 0.25) is 0 Å². The van der Waals surface area contributed by atoms with Crippen LogP contribution in [0.1, 0.15) is 31.4 Å². The third-order valence-electron chi connectivity index (χ3n) is 3.59. The summed E-state index contributed by atoms with van der Waals surface area (Å²) >= 11 is 0. The molecule has 2 N–H and O–H groups in total. The molecule has 2 rings (SSSR count). The molecule has 0 spiro atoms. The van der Waals surface area contributed by atoms with Gasteiger partial charge < -0.3 is 15.0 Å². The quantitative estimate of drug-likeness (QED) is 0.773. The molecule has 2 unspecified atom stereocenters. The highest BCUT2D eigenvalue weighted by Gasteiger charge is 2.27. The molecule has 0 amide bonds. The number of carbonyl (C=O) groups is 1. The van der Waals surface area contributed by atoms with Gasteiger partial charge in [-0.2, -0.15) is 0 Å². The third-order valence-corrected chi connectivity index (χ3v) is 3.59. The fourth-order valence-corrected chi connectivity index (χ4v) is 2.59. The van der Waals surface area contributed by atoms with E-state index >= 15 is 0 Å². The van der Waals surface area contributed by atoms with Gasteiger partial charge in [0.25, 0.3) is 0 Å². The second-order valence-electron chi connectivity index (χ2n) is 4.86. The van der Waals surface area contributed by atoms with Crippen LogP contribution in [0.4, 0.5) is 0 Å². The number of rotatable bonds is 5. The summed E-state index contributed by atoms with van der Waals surface area (Å²) in [5.41, 5.74) is 1.14. The van der Waals surface area contributed by atoms with E-state index in [0.717, 1.165) is 44.3 Å². The number of H-pyrrole nitrogens is 1. The third kappa shape index (κ3) is 3.57.